The Balaban J connectivity index is 2.25. The Morgan fingerprint density at radius 1 is 1.19 bits per heavy atom. The molecule has 4 heteroatoms. The van der Waals surface area contributed by atoms with Crippen LogP contribution in [0.5, 0.6) is 11.5 Å². The summed E-state index contributed by atoms with van der Waals surface area (Å²) in [6.07, 6.45) is 0. The van der Waals surface area contributed by atoms with E-state index in [2.05, 4.69) is 39.5 Å². The molecule has 1 saturated heterocycles. The van der Waals surface area contributed by atoms with Gasteiger partial charge in [-0.25, -0.2) is 0 Å². The van der Waals surface area contributed by atoms with Gasteiger partial charge < -0.3 is 14.6 Å². The van der Waals surface area contributed by atoms with Crippen molar-refractivity contribution in [1.29, 1.82) is 0 Å². The van der Waals surface area contributed by atoms with Crippen molar-refractivity contribution in [3.63, 3.8) is 0 Å². The summed E-state index contributed by atoms with van der Waals surface area (Å²) in [4.78, 5) is 2.37. The van der Waals surface area contributed by atoms with Crippen LogP contribution in [0.2, 0.25) is 0 Å². The van der Waals surface area contributed by atoms with Gasteiger partial charge in [-0.1, -0.05) is 6.07 Å². The van der Waals surface area contributed by atoms with Gasteiger partial charge in [0.2, 0.25) is 0 Å². The second-order valence-electron chi connectivity index (χ2n) is 7.13. The molecule has 0 aromatic heterocycles. The predicted molar refractivity (Wildman–Crippen MR) is 83.9 cm³/mol. The van der Waals surface area contributed by atoms with Crippen molar-refractivity contribution in [1.82, 2.24) is 4.90 Å². The van der Waals surface area contributed by atoms with E-state index in [1.807, 2.05) is 12.1 Å². The lowest BCUT2D eigenvalue weighted by molar-refractivity contribution is -0.187. The number of aromatic hydroxyl groups is 1. The topological polar surface area (TPSA) is 41.9 Å². The van der Waals surface area contributed by atoms with Gasteiger partial charge in [0.25, 0.3) is 0 Å². The Hall–Kier alpha value is -1.26. The summed E-state index contributed by atoms with van der Waals surface area (Å²) in [5, 5.41) is 10.2. The van der Waals surface area contributed by atoms with Crippen molar-refractivity contribution in [2.75, 3.05) is 20.2 Å². The molecular formula is C17H27NO3. The van der Waals surface area contributed by atoms with E-state index in [0.29, 0.717) is 5.75 Å². The molecule has 0 spiro atoms. The largest absolute Gasteiger partial charge is 0.507 e. The summed E-state index contributed by atoms with van der Waals surface area (Å²) >= 11 is 0. The molecule has 0 aliphatic carbocycles. The van der Waals surface area contributed by atoms with E-state index in [1.165, 1.54) is 0 Å². The number of benzene rings is 1. The summed E-state index contributed by atoms with van der Waals surface area (Å²) in [5.74, 6) is 0.954. The molecule has 1 aliphatic rings. The molecule has 1 heterocycles. The molecule has 1 unspecified atom stereocenters. The van der Waals surface area contributed by atoms with Crippen LogP contribution in [0.25, 0.3) is 0 Å². The van der Waals surface area contributed by atoms with Crippen LogP contribution >= 0.6 is 0 Å². The van der Waals surface area contributed by atoms with Gasteiger partial charge in [-0.3, -0.25) is 4.90 Å². The fraction of sp³-hybridized carbons (Fsp3) is 0.647. The van der Waals surface area contributed by atoms with Gasteiger partial charge in [0.15, 0.2) is 0 Å². The smallest absolute Gasteiger partial charge is 0.124 e. The molecule has 4 nitrogen and oxygen atoms in total. The molecule has 2 rings (SSSR count). The molecule has 1 N–H and O–H groups in total. The van der Waals surface area contributed by atoms with Gasteiger partial charge in [0, 0.05) is 30.8 Å². The number of phenols is 1. The normalized spacial score (nSPS) is 22.8. The lowest BCUT2D eigenvalue weighted by atomic mass is 9.95. The van der Waals surface area contributed by atoms with Gasteiger partial charge >= 0.3 is 0 Å². The fourth-order valence-corrected chi connectivity index (χ4v) is 3.32. The first-order valence-corrected chi connectivity index (χ1v) is 7.45. The van der Waals surface area contributed by atoms with Gasteiger partial charge in [-0.05, 0) is 40.7 Å². The van der Waals surface area contributed by atoms with Crippen molar-refractivity contribution in [2.24, 2.45) is 0 Å². The maximum Gasteiger partial charge on any atom is 0.124 e. The summed E-state index contributed by atoms with van der Waals surface area (Å²) in [5.41, 5.74) is 0.528. The fourth-order valence-electron chi connectivity index (χ4n) is 3.32. The molecule has 1 aromatic rings. The van der Waals surface area contributed by atoms with Crippen LogP contribution in [0, 0.1) is 0 Å². The number of methoxy groups -OCH3 is 1. The number of nitrogens with zero attached hydrogens (tertiary/aromatic N) is 1. The van der Waals surface area contributed by atoms with E-state index in [0.717, 1.165) is 18.7 Å². The Kier molecular flexibility index (Phi) is 4.22. The highest BCUT2D eigenvalue weighted by molar-refractivity contribution is 5.41. The Labute approximate surface area is 127 Å². The predicted octanol–water partition coefficient (Wildman–Crippen LogP) is 3.35. The molecule has 0 amide bonds. The number of hydrogen-bond acceptors (Lipinski definition) is 4. The first-order chi connectivity index (χ1) is 9.63. The van der Waals surface area contributed by atoms with Gasteiger partial charge in [0.05, 0.1) is 18.3 Å². The molecule has 1 fully saturated rings. The third-order valence-electron chi connectivity index (χ3n) is 3.96. The van der Waals surface area contributed by atoms with Crippen LogP contribution in [0.4, 0.5) is 0 Å². The Morgan fingerprint density at radius 2 is 1.76 bits per heavy atom. The minimum Gasteiger partial charge on any atom is -0.507 e. The summed E-state index contributed by atoms with van der Waals surface area (Å²) in [6.45, 7) is 12.2. The van der Waals surface area contributed by atoms with Crippen molar-refractivity contribution < 1.29 is 14.6 Å². The quantitative estimate of drug-likeness (QED) is 0.928. The highest BCUT2D eigenvalue weighted by Gasteiger charge is 2.40. The standard InChI is InChI=1S/C17H27NO3/c1-12(14-8-7-13(20-6)9-15(14)19)18-10-16(2,3)21-17(4,5)11-18/h7-9,12,19H,10-11H2,1-6H3. The molecular weight excluding hydrogens is 266 g/mol. The van der Waals surface area contributed by atoms with E-state index >= 15 is 0 Å². The minimum atomic E-state index is -0.196. The second kappa shape index (κ2) is 5.50. The van der Waals surface area contributed by atoms with Crippen molar-refractivity contribution in [2.45, 2.75) is 51.9 Å². The molecule has 1 aromatic carbocycles. The third-order valence-corrected chi connectivity index (χ3v) is 3.96. The number of hydrogen-bond donors (Lipinski definition) is 1. The molecule has 1 atom stereocenters. The lowest BCUT2D eigenvalue weighted by Crippen LogP contribution is -2.57. The summed E-state index contributed by atoms with van der Waals surface area (Å²) in [6, 6.07) is 5.62. The first-order valence-electron chi connectivity index (χ1n) is 7.45. The van der Waals surface area contributed by atoms with Crippen LogP contribution in [0.3, 0.4) is 0 Å². The average Bonchev–Trinajstić information content (AvgIpc) is 2.34. The van der Waals surface area contributed by atoms with Crippen LogP contribution in [0.1, 0.15) is 46.2 Å². The number of ether oxygens (including phenoxy) is 2. The number of morpholine rings is 1. The van der Waals surface area contributed by atoms with E-state index in [9.17, 15) is 5.11 Å². The van der Waals surface area contributed by atoms with E-state index in [1.54, 1.807) is 13.2 Å². The average molecular weight is 293 g/mol. The highest BCUT2D eigenvalue weighted by atomic mass is 16.5. The van der Waals surface area contributed by atoms with Gasteiger partial charge in [0.1, 0.15) is 11.5 Å². The maximum atomic E-state index is 10.2. The molecule has 0 radical (unpaired) electrons. The zero-order chi connectivity index (χ0) is 15.8. The number of phenolic OH excluding ortho intramolecular Hbond substituents is 1. The zero-order valence-corrected chi connectivity index (χ0v) is 13.9. The monoisotopic (exact) mass is 293 g/mol. The Morgan fingerprint density at radius 3 is 2.24 bits per heavy atom. The number of rotatable bonds is 3. The van der Waals surface area contributed by atoms with Crippen molar-refractivity contribution in [3.05, 3.63) is 23.8 Å². The highest BCUT2D eigenvalue weighted by Crippen LogP contribution is 2.36. The Bertz CT molecular complexity index is 495. The second-order valence-corrected chi connectivity index (χ2v) is 7.13. The van der Waals surface area contributed by atoms with E-state index in [4.69, 9.17) is 9.47 Å². The van der Waals surface area contributed by atoms with E-state index < -0.39 is 0 Å². The van der Waals surface area contributed by atoms with E-state index in [-0.39, 0.29) is 23.0 Å². The van der Waals surface area contributed by atoms with Crippen LogP contribution in [-0.2, 0) is 4.74 Å². The summed E-state index contributed by atoms with van der Waals surface area (Å²) in [7, 11) is 1.60. The van der Waals surface area contributed by atoms with Crippen molar-refractivity contribution in [3.8, 4) is 11.5 Å². The molecule has 118 valence electrons. The van der Waals surface area contributed by atoms with Crippen LogP contribution < -0.4 is 4.74 Å². The summed E-state index contributed by atoms with van der Waals surface area (Å²) < 4.78 is 11.3. The molecule has 21 heavy (non-hydrogen) atoms. The van der Waals surface area contributed by atoms with Gasteiger partial charge in [-0.2, -0.15) is 0 Å². The van der Waals surface area contributed by atoms with Crippen molar-refractivity contribution >= 4 is 0 Å². The lowest BCUT2D eigenvalue weighted by Gasteiger charge is -2.49. The zero-order valence-electron chi connectivity index (χ0n) is 13.9. The molecule has 0 bridgehead atoms. The third kappa shape index (κ3) is 3.69. The van der Waals surface area contributed by atoms with Crippen LogP contribution in [0.15, 0.2) is 18.2 Å². The maximum absolute atomic E-state index is 10.2. The minimum absolute atomic E-state index is 0.123. The molecule has 1 aliphatic heterocycles. The SMILES string of the molecule is COc1ccc(C(C)N2CC(C)(C)OC(C)(C)C2)c(O)c1. The van der Waals surface area contributed by atoms with Gasteiger partial charge in [-0.15, -0.1) is 0 Å². The van der Waals surface area contributed by atoms with Crippen LogP contribution in [-0.4, -0.2) is 41.4 Å². The first kappa shape index (κ1) is 16.1. The molecule has 0 saturated carbocycles.